The number of hydrogen-bond donors (Lipinski definition) is 1. The van der Waals surface area contributed by atoms with Crippen LogP contribution in [0.25, 0.3) is 11.4 Å². The molecule has 1 aromatic heterocycles. The first-order valence-corrected chi connectivity index (χ1v) is 8.98. The Morgan fingerprint density at radius 1 is 1.00 bits per heavy atom. The average Bonchev–Trinajstić information content (AvgIpc) is 3.05. The van der Waals surface area contributed by atoms with Gasteiger partial charge in [0.05, 0.1) is 10.0 Å². The van der Waals surface area contributed by atoms with E-state index < -0.39 is 0 Å². The quantitative estimate of drug-likeness (QED) is 0.596. The third kappa shape index (κ3) is 4.08. The molecule has 0 radical (unpaired) electrons. The van der Waals surface area contributed by atoms with Gasteiger partial charge in [-0.3, -0.25) is 5.10 Å². The second-order valence-electron chi connectivity index (χ2n) is 5.05. The molecule has 0 fully saturated rings. The smallest absolute Gasteiger partial charge is 0.209 e. The number of benzene rings is 2. The van der Waals surface area contributed by atoms with Crippen molar-refractivity contribution in [1.82, 2.24) is 15.2 Å². The van der Waals surface area contributed by atoms with Gasteiger partial charge in [-0.1, -0.05) is 72.2 Å². The fraction of sp³-hybridized carbons (Fsp3) is 0.176. The summed E-state index contributed by atoms with van der Waals surface area (Å²) in [4.78, 5) is 4.53. The molecule has 0 saturated carbocycles. The number of halogens is 2. The van der Waals surface area contributed by atoms with Crippen LogP contribution in [0.3, 0.4) is 0 Å². The minimum atomic E-state index is 0.566. The van der Waals surface area contributed by atoms with E-state index in [1.807, 2.05) is 12.1 Å². The number of aryl methyl sites for hydroxylation is 1. The van der Waals surface area contributed by atoms with Crippen molar-refractivity contribution in [3.05, 3.63) is 63.6 Å². The Bertz CT molecular complexity index is 800. The molecule has 3 rings (SSSR count). The van der Waals surface area contributed by atoms with E-state index in [0.717, 1.165) is 29.1 Å². The zero-order chi connectivity index (χ0) is 16.2. The molecule has 0 unspecified atom stereocenters. The number of hydrogen-bond acceptors (Lipinski definition) is 3. The molecule has 0 saturated heterocycles. The number of nitrogens with one attached hydrogen (secondary N) is 1. The van der Waals surface area contributed by atoms with E-state index in [2.05, 4.69) is 46.4 Å². The van der Waals surface area contributed by atoms with Gasteiger partial charge in [0.25, 0.3) is 0 Å². The summed E-state index contributed by atoms with van der Waals surface area (Å²) in [6, 6.07) is 14.0. The molecule has 23 heavy (non-hydrogen) atoms. The van der Waals surface area contributed by atoms with Crippen LogP contribution in [0.4, 0.5) is 0 Å². The van der Waals surface area contributed by atoms with Gasteiger partial charge in [-0.05, 0) is 29.7 Å². The van der Waals surface area contributed by atoms with Gasteiger partial charge in [-0.15, -0.1) is 5.10 Å². The van der Waals surface area contributed by atoms with Crippen LogP contribution in [0.15, 0.2) is 47.6 Å². The highest BCUT2D eigenvalue weighted by Gasteiger charge is 2.07. The number of aromatic nitrogens is 3. The Kier molecular flexibility index (Phi) is 5.26. The van der Waals surface area contributed by atoms with E-state index in [0.29, 0.717) is 15.2 Å². The van der Waals surface area contributed by atoms with Gasteiger partial charge in [-0.25, -0.2) is 4.98 Å². The Labute approximate surface area is 149 Å². The van der Waals surface area contributed by atoms with Gasteiger partial charge >= 0.3 is 0 Å². The van der Waals surface area contributed by atoms with Crippen LogP contribution < -0.4 is 0 Å². The summed E-state index contributed by atoms with van der Waals surface area (Å²) in [5.41, 5.74) is 3.43. The standard InChI is InChI=1S/C17H15Cl2N3S/c1-2-11-3-6-13(7-4-11)16-20-17(22-21-16)23-10-12-5-8-14(18)15(19)9-12/h3-9H,2,10H2,1H3,(H,20,21,22). The average molecular weight is 364 g/mol. The topological polar surface area (TPSA) is 41.6 Å². The first-order chi connectivity index (χ1) is 11.2. The Morgan fingerprint density at radius 2 is 1.74 bits per heavy atom. The molecule has 0 aliphatic heterocycles. The maximum atomic E-state index is 6.03. The van der Waals surface area contributed by atoms with Crippen LogP contribution in [0, 0.1) is 0 Å². The monoisotopic (exact) mass is 363 g/mol. The second-order valence-corrected chi connectivity index (χ2v) is 6.81. The van der Waals surface area contributed by atoms with Gasteiger partial charge in [0, 0.05) is 11.3 Å². The number of thioether (sulfide) groups is 1. The summed E-state index contributed by atoms with van der Waals surface area (Å²) in [5.74, 6) is 1.52. The third-order valence-corrected chi connectivity index (χ3v) is 5.11. The molecule has 6 heteroatoms. The highest BCUT2D eigenvalue weighted by atomic mass is 35.5. The summed E-state index contributed by atoms with van der Waals surface area (Å²) in [6.45, 7) is 2.14. The van der Waals surface area contributed by atoms with Gasteiger partial charge < -0.3 is 0 Å². The van der Waals surface area contributed by atoms with E-state index in [1.54, 1.807) is 17.8 Å². The van der Waals surface area contributed by atoms with E-state index in [4.69, 9.17) is 23.2 Å². The van der Waals surface area contributed by atoms with Crippen molar-refractivity contribution < 1.29 is 0 Å². The molecule has 0 bridgehead atoms. The van der Waals surface area contributed by atoms with Crippen LogP contribution >= 0.6 is 35.0 Å². The summed E-state index contributed by atoms with van der Waals surface area (Å²) < 4.78 is 0. The van der Waals surface area contributed by atoms with E-state index in [1.165, 1.54) is 5.56 Å². The molecule has 1 N–H and O–H groups in total. The number of nitrogens with zero attached hydrogens (tertiary/aromatic N) is 2. The van der Waals surface area contributed by atoms with Gasteiger partial charge in [0.1, 0.15) is 0 Å². The Hall–Kier alpha value is -1.49. The first kappa shape index (κ1) is 16.4. The molecule has 2 aromatic carbocycles. The molecule has 3 nitrogen and oxygen atoms in total. The lowest BCUT2D eigenvalue weighted by molar-refractivity contribution is 0.973. The maximum Gasteiger partial charge on any atom is 0.209 e. The summed E-state index contributed by atoms with van der Waals surface area (Å²) in [6.07, 6.45) is 1.03. The Balaban J connectivity index is 1.67. The molecule has 1 heterocycles. The molecule has 0 atom stereocenters. The zero-order valence-corrected chi connectivity index (χ0v) is 14.8. The van der Waals surface area contributed by atoms with Crippen LogP contribution in [0.1, 0.15) is 18.1 Å². The van der Waals surface area contributed by atoms with Crippen molar-refractivity contribution in [1.29, 1.82) is 0 Å². The van der Waals surface area contributed by atoms with Crippen molar-refractivity contribution in [2.24, 2.45) is 0 Å². The lowest BCUT2D eigenvalue weighted by Crippen LogP contribution is -1.84. The first-order valence-electron chi connectivity index (χ1n) is 7.24. The fourth-order valence-electron chi connectivity index (χ4n) is 2.12. The molecule has 0 spiro atoms. The van der Waals surface area contributed by atoms with Crippen LogP contribution in [-0.4, -0.2) is 15.2 Å². The van der Waals surface area contributed by atoms with E-state index in [9.17, 15) is 0 Å². The van der Waals surface area contributed by atoms with E-state index >= 15 is 0 Å². The number of H-pyrrole nitrogens is 1. The predicted molar refractivity (Wildman–Crippen MR) is 97.2 cm³/mol. The normalized spacial score (nSPS) is 10.9. The zero-order valence-electron chi connectivity index (χ0n) is 12.5. The minimum absolute atomic E-state index is 0.566. The summed E-state index contributed by atoms with van der Waals surface area (Å²) in [5, 5.41) is 9.09. The molecule has 0 aliphatic rings. The summed E-state index contributed by atoms with van der Waals surface area (Å²) in [7, 11) is 0. The Morgan fingerprint density at radius 3 is 2.43 bits per heavy atom. The van der Waals surface area contributed by atoms with Crippen molar-refractivity contribution in [3.8, 4) is 11.4 Å². The molecule has 0 aliphatic carbocycles. The predicted octanol–water partition coefficient (Wildman–Crippen LogP) is 5.63. The molecule has 118 valence electrons. The van der Waals surface area contributed by atoms with Crippen molar-refractivity contribution in [3.63, 3.8) is 0 Å². The fourth-order valence-corrected chi connectivity index (χ4v) is 3.18. The van der Waals surface area contributed by atoms with Crippen LogP contribution in [-0.2, 0) is 12.2 Å². The van der Waals surface area contributed by atoms with Crippen molar-refractivity contribution in [2.45, 2.75) is 24.3 Å². The minimum Gasteiger partial charge on any atom is -0.258 e. The molecule has 0 amide bonds. The largest absolute Gasteiger partial charge is 0.258 e. The SMILES string of the molecule is CCc1ccc(-c2nc(SCc3ccc(Cl)c(Cl)c3)n[nH]2)cc1. The van der Waals surface area contributed by atoms with Gasteiger partial charge in [-0.2, -0.15) is 0 Å². The highest BCUT2D eigenvalue weighted by Crippen LogP contribution is 2.27. The number of rotatable bonds is 5. The molecular formula is C17H15Cl2N3S. The van der Waals surface area contributed by atoms with Crippen molar-refractivity contribution in [2.75, 3.05) is 0 Å². The number of aromatic amines is 1. The van der Waals surface area contributed by atoms with Gasteiger partial charge in [0.15, 0.2) is 5.82 Å². The van der Waals surface area contributed by atoms with Crippen molar-refractivity contribution >= 4 is 35.0 Å². The van der Waals surface area contributed by atoms with Crippen LogP contribution in [0.2, 0.25) is 10.0 Å². The lowest BCUT2D eigenvalue weighted by Gasteiger charge is -2.01. The second kappa shape index (κ2) is 7.39. The maximum absolute atomic E-state index is 6.03. The van der Waals surface area contributed by atoms with Gasteiger partial charge in [0.2, 0.25) is 5.16 Å². The lowest BCUT2D eigenvalue weighted by atomic mass is 10.1. The summed E-state index contributed by atoms with van der Waals surface area (Å²) >= 11 is 13.5. The third-order valence-electron chi connectivity index (χ3n) is 3.45. The highest BCUT2D eigenvalue weighted by molar-refractivity contribution is 7.98. The molecular weight excluding hydrogens is 349 g/mol. The van der Waals surface area contributed by atoms with E-state index in [-0.39, 0.29) is 0 Å². The molecule has 3 aromatic rings. The van der Waals surface area contributed by atoms with Crippen LogP contribution in [0.5, 0.6) is 0 Å².